The standard InChI is InChI=1S/C14H18FO/c1-14(2,3)8-13-11-7-5-4-6-10(11)12(15)9-16-13/h4-8,12-13H,9H2,1-3H3/t12-,13+/m0/s1. The number of fused-ring (bicyclic) bond motifs is 1. The summed E-state index contributed by atoms with van der Waals surface area (Å²) in [6.45, 7) is 6.54. The van der Waals surface area contributed by atoms with Crippen LogP contribution < -0.4 is 0 Å². The fraction of sp³-hybridized carbons (Fsp3) is 0.500. The molecule has 0 spiro atoms. The summed E-state index contributed by atoms with van der Waals surface area (Å²) in [6, 6.07) is 7.62. The molecule has 87 valence electrons. The van der Waals surface area contributed by atoms with Crippen LogP contribution >= 0.6 is 0 Å². The van der Waals surface area contributed by atoms with Crippen molar-refractivity contribution in [2.75, 3.05) is 6.61 Å². The fourth-order valence-corrected chi connectivity index (χ4v) is 2.01. The Morgan fingerprint density at radius 1 is 1.25 bits per heavy atom. The van der Waals surface area contributed by atoms with Gasteiger partial charge < -0.3 is 4.74 Å². The first-order valence-electron chi connectivity index (χ1n) is 5.68. The van der Waals surface area contributed by atoms with Gasteiger partial charge in [-0.2, -0.15) is 0 Å². The number of hydrogen-bond donors (Lipinski definition) is 0. The minimum absolute atomic E-state index is 0.0704. The summed E-state index contributed by atoms with van der Waals surface area (Å²) in [4.78, 5) is 0. The van der Waals surface area contributed by atoms with E-state index in [4.69, 9.17) is 4.74 Å². The smallest absolute Gasteiger partial charge is 0.149 e. The fourth-order valence-electron chi connectivity index (χ4n) is 2.01. The van der Waals surface area contributed by atoms with Crippen LogP contribution in [-0.2, 0) is 4.74 Å². The van der Waals surface area contributed by atoms with Gasteiger partial charge >= 0.3 is 0 Å². The summed E-state index contributed by atoms with van der Waals surface area (Å²) in [6.07, 6.45) is 1.07. The molecular weight excluding hydrogens is 203 g/mol. The Balaban J connectivity index is 2.28. The summed E-state index contributed by atoms with van der Waals surface area (Å²) >= 11 is 0. The van der Waals surface area contributed by atoms with Gasteiger partial charge in [0.15, 0.2) is 0 Å². The summed E-state index contributed by atoms with van der Waals surface area (Å²) in [5.74, 6) is 0. The Labute approximate surface area is 96.6 Å². The molecule has 1 aromatic rings. The highest BCUT2D eigenvalue weighted by atomic mass is 19.1. The van der Waals surface area contributed by atoms with Gasteiger partial charge in [0.1, 0.15) is 6.17 Å². The average Bonchev–Trinajstić information content (AvgIpc) is 2.21. The first kappa shape index (κ1) is 11.6. The second kappa shape index (κ2) is 4.17. The minimum Gasteiger partial charge on any atom is -0.370 e. The predicted octanol–water partition coefficient (Wildman–Crippen LogP) is 4.02. The molecule has 1 aliphatic heterocycles. The third kappa shape index (κ3) is 2.43. The van der Waals surface area contributed by atoms with Crippen molar-refractivity contribution in [3.8, 4) is 0 Å². The second-order valence-corrected chi connectivity index (χ2v) is 5.38. The molecule has 0 N–H and O–H groups in total. The van der Waals surface area contributed by atoms with Crippen molar-refractivity contribution in [3.63, 3.8) is 0 Å². The van der Waals surface area contributed by atoms with Crippen molar-refractivity contribution in [1.29, 1.82) is 0 Å². The molecule has 1 aromatic carbocycles. The molecule has 0 amide bonds. The molecule has 0 bridgehead atoms. The minimum atomic E-state index is -0.985. The van der Waals surface area contributed by atoms with Gasteiger partial charge in [0.2, 0.25) is 0 Å². The normalized spacial score (nSPS) is 25.2. The summed E-state index contributed by atoms with van der Waals surface area (Å²) in [7, 11) is 0. The lowest BCUT2D eigenvalue weighted by atomic mass is 9.84. The van der Waals surface area contributed by atoms with Crippen LogP contribution in [-0.4, -0.2) is 6.61 Å². The van der Waals surface area contributed by atoms with Crippen LogP contribution in [0, 0.1) is 11.8 Å². The molecule has 2 heteroatoms. The summed E-state index contributed by atoms with van der Waals surface area (Å²) in [5, 5.41) is 0. The van der Waals surface area contributed by atoms with E-state index in [1.807, 2.05) is 24.3 Å². The third-order valence-electron chi connectivity index (χ3n) is 2.71. The van der Waals surface area contributed by atoms with E-state index in [0.717, 1.165) is 11.1 Å². The number of rotatable bonds is 1. The van der Waals surface area contributed by atoms with E-state index < -0.39 is 6.17 Å². The van der Waals surface area contributed by atoms with Crippen LogP contribution in [0.4, 0.5) is 4.39 Å². The second-order valence-electron chi connectivity index (χ2n) is 5.38. The number of ether oxygens (including phenoxy) is 1. The van der Waals surface area contributed by atoms with E-state index in [2.05, 4.69) is 27.2 Å². The van der Waals surface area contributed by atoms with Crippen LogP contribution in [0.25, 0.3) is 0 Å². The molecule has 0 fully saturated rings. The number of alkyl halides is 1. The van der Waals surface area contributed by atoms with Gasteiger partial charge in [-0.1, -0.05) is 45.0 Å². The first-order valence-corrected chi connectivity index (χ1v) is 5.68. The highest BCUT2D eigenvalue weighted by molar-refractivity contribution is 5.34. The van der Waals surface area contributed by atoms with Crippen LogP contribution in [0.1, 0.15) is 44.2 Å². The predicted molar refractivity (Wildman–Crippen MR) is 62.7 cm³/mol. The van der Waals surface area contributed by atoms with E-state index in [-0.39, 0.29) is 18.1 Å². The Morgan fingerprint density at radius 3 is 2.50 bits per heavy atom. The van der Waals surface area contributed by atoms with Crippen LogP contribution in [0.5, 0.6) is 0 Å². The molecule has 1 nitrogen and oxygen atoms in total. The van der Waals surface area contributed by atoms with E-state index in [0.29, 0.717) is 0 Å². The summed E-state index contributed by atoms with van der Waals surface area (Å²) < 4.78 is 19.2. The van der Waals surface area contributed by atoms with E-state index in [9.17, 15) is 4.39 Å². The van der Waals surface area contributed by atoms with Crippen molar-refractivity contribution in [1.82, 2.24) is 0 Å². The highest BCUT2D eigenvalue weighted by Crippen LogP contribution is 2.39. The molecule has 2 atom stereocenters. The van der Waals surface area contributed by atoms with Gasteiger partial charge in [-0.3, -0.25) is 0 Å². The van der Waals surface area contributed by atoms with Crippen molar-refractivity contribution < 1.29 is 9.13 Å². The van der Waals surface area contributed by atoms with Gasteiger partial charge in [-0.25, -0.2) is 4.39 Å². The molecule has 1 heterocycles. The largest absolute Gasteiger partial charge is 0.370 e. The molecule has 1 radical (unpaired) electrons. The Bertz CT molecular complexity index is 367. The van der Waals surface area contributed by atoms with Gasteiger partial charge in [-0.15, -0.1) is 0 Å². The van der Waals surface area contributed by atoms with Gasteiger partial charge in [0.05, 0.1) is 12.7 Å². The Hall–Kier alpha value is -0.890. The van der Waals surface area contributed by atoms with Crippen molar-refractivity contribution in [2.24, 2.45) is 5.41 Å². The molecule has 0 aromatic heterocycles. The van der Waals surface area contributed by atoms with Crippen LogP contribution in [0.3, 0.4) is 0 Å². The quantitative estimate of drug-likeness (QED) is 0.696. The average molecular weight is 221 g/mol. The van der Waals surface area contributed by atoms with Crippen molar-refractivity contribution in [3.05, 3.63) is 41.8 Å². The van der Waals surface area contributed by atoms with E-state index in [1.165, 1.54) is 0 Å². The van der Waals surface area contributed by atoms with Crippen LogP contribution in [0.15, 0.2) is 24.3 Å². The maximum atomic E-state index is 13.6. The lowest BCUT2D eigenvalue weighted by molar-refractivity contribution is 0.00725. The monoisotopic (exact) mass is 221 g/mol. The summed E-state index contributed by atoms with van der Waals surface area (Å²) in [5.41, 5.74) is 1.82. The number of benzene rings is 1. The van der Waals surface area contributed by atoms with Crippen molar-refractivity contribution in [2.45, 2.75) is 33.0 Å². The van der Waals surface area contributed by atoms with Gasteiger partial charge in [0.25, 0.3) is 0 Å². The maximum Gasteiger partial charge on any atom is 0.149 e. The molecule has 0 unspecified atom stereocenters. The molecule has 2 rings (SSSR count). The topological polar surface area (TPSA) is 9.23 Å². The Morgan fingerprint density at radius 2 is 1.88 bits per heavy atom. The zero-order chi connectivity index (χ0) is 11.8. The van der Waals surface area contributed by atoms with Crippen molar-refractivity contribution >= 4 is 0 Å². The highest BCUT2D eigenvalue weighted by Gasteiger charge is 2.30. The van der Waals surface area contributed by atoms with Gasteiger partial charge in [0, 0.05) is 6.42 Å². The molecular formula is C14H18FO. The third-order valence-corrected chi connectivity index (χ3v) is 2.71. The molecule has 0 aliphatic carbocycles. The lowest BCUT2D eigenvalue weighted by Gasteiger charge is -2.32. The first-order chi connectivity index (χ1) is 7.47. The maximum absolute atomic E-state index is 13.6. The van der Waals surface area contributed by atoms with E-state index in [1.54, 1.807) is 0 Å². The number of halogens is 1. The molecule has 1 aliphatic rings. The van der Waals surface area contributed by atoms with Crippen LogP contribution in [0.2, 0.25) is 0 Å². The SMILES string of the molecule is CC(C)(C)[CH][C@H]1OC[C@H](F)c2ccccc21. The lowest BCUT2D eigenvalue weighted by Crippen LogP contribution is -2.23. The Kier molecular flexibility index (Phi) is 3.02. The molecule has 0 saturated heterocycles. The molecule has 0 saturated carbocycles. The van der Waals surface area contributed by atoms with E-state index >= 15 is 0 Å². The zero-order valence-electron chi connectivity index (χ0n) is 10.0. The molecule has 16 heavy (non-hydrogen) atoms. The number of hydrogen-bond acceptors (Lipinski definition) is 1. The van der Waals surface area contributed by atoms with Gasteiger partial charge in [-0.05, 0) is 16.5 Å². The zero-order valence-corrected chi connectivity index (χ0v) is 10.0.